The normalized spacial score (nSPS) is 10.7. The Morgan fingerprint density at radius 1 is 1.10 bits per heavy atom. The molecule has 1 nitrogen and oxygen atoms in total. The first-order valence-corrected chi connectivity index (χ1v) is 4.25. The fourth-order valence-electron chi connectivity index (χ4n) is 0.825. The highest BCUT2D eigenvalue weighted by Crippen LogP contribution is 1.92. The summed E-state index contributed by atoms with van der Waals surface area (Å²) in [6, 6.07) is 0. The van der Waals surface area contributed by atoms with Gasteiger partial charge in [0.15, 0.2) is 0 Å². The van der Waals surface area contributed by atoms with Gasteiger partial charge in [0.25, 0.3) is 0 Å². The van der Waals surface area contributed by atoms with Crippen LogP contribution in [0.3, 0.4) is 0 Å². The summed E-state index contributed by atoms with van der Waals surface area (Å²) in [5.41, 5.74) is 0. The molecule has 0 aliphatic rings. The maximum Gasteiger partial charge on any atom is 0.0143 e. The lowest BCUT2D eigenvalue weighted by Crippen LogP contribution is -2.14. The van der Waals surface area contributed by atoms with Crippen LogP contribution >= 0.6 is 0 Å². The Bertz CT molecular complexity index is 82.7. The molecule has 0 aliphatic heterocycles. The van der Waals surface area contributed by atoms with Crippen LogP contribution < -0.4 is 0 Å². The van der Waals surface area contributed by atoms with Crippen LogP contribution in [0.25, 0.3) is 0 Å². The van der Waals surface area contributed by atoms with Crippen LogP contribution in [0.4, 0.5) is 0 Å². The van der Waals surface area contributed by atoms with Crippen molar-refractivity contribution in [3.63, 3.8) is 0 Å². The van der Waals surface area contributed by atoms with Crippen molar-refractivity contribution in [2.24, 2.45) is 0 Å². The molecule has 0 heterocycles. The highest BCUT2D eigenvalue weighted by atomic mass is 15.1. The van der Waals surface area contributed by atoms with E-state index < -0.39 is 0 Å². The molecule has 0 aromatic rings. The number of allylic oxidation sites excluding steroid dienone is 1. The van der Waals surface area contributed by atoms with Gasteiger partial charge in [-0.1, -0.05) is 19.4 Å². The molecule has 0 aromatic carbocycles. The summed E-state index contributed by atoms with van der Waals surface area (Å²) in [5, 5.41) is 0. The second-order valence-corrected chi connectivity index (χ2v) is 2.39. The Hall–Kier alpha value is -0.460. The molecule has 0 amide bonds. The summed E-state index contributed by atoms with van der Waals surface area (Å²) in [6.07, 6.45) is 6.89. The minimum Gasteiger partial charge on any atom is -0.378 e. The summed E-state index contributed by atoms with van der Waals surface area (Å²) < 4.78 is 0. The SMILES string of the molecule is CCC/C=C/N(CC)CC. The van der Waals surface area contributed by atoms with Crippen molar-refractivity contribution >= 4 is 0 Å². The van der Waals surface area contributed by atoms with Gasteiger partial charge in [0, 0.05) is 13.1 Å². The first kappa shape index (κ1) is 9.54. The third kappa shape index (κ3) is 4.42. The number of rotatable bonds is 5. The Morgan fingerprint density at radius 3 is 2.10 bits per heavy atom. The fourth-order valence-corrected chi connectivity index (χ4v) is 0.825. The molecule has 0 radical (unpaired) electrons. The van der Waals surface area contributed by atoms with Crippen molar-refractivity contribution < 1.29 is 0 Å². The van der Waals surface area contributed by atoms with E-state index in [-0.39, 0.29) is 0 Å². The van der Waals surface area contributed by atoms with E-state index >= 15 is 0 Å². The van der Waals surface area contributed by atoms with E-state index in [0.29, 0.717) is 0 Å². The molecule has 0 saturated heterocycles. The lowest BCUT2D eigenvalue weighted by Gasteiger charge is -2.14. The Morgan fingerprint density at radius 2 is 1.70 bits per heavy atom. The third-order valence-corrected chi connectivity index (χ3v) is 1.58. The Kier molecular flexibility index (Phi) is 6.35. The molecule has 0 aromatic heterocycles. The summed E-state index contributed by atoms with van der Waals surface area (Å²) in [5.74, 6) is 0. The number of hydrogen-bond acceptors (Lipinski definition) is 1. The predicted octanol–water partition coefficient (Wildman–Crippen LogP) is 2.64. The fraction of sp³-hybridized carbons (Fsp3) is 0.778. The molecule has 10 heavy (non-hydrogen) atoms. The van der Waals surface area contributed by atoms with Crippen molar-refractivity contribution in [3.05, 3.63) is 12.3 Å². The summed E-state index contributed by atoms with van der Waals surface area (Å²) >= 11 is 0. The molecule has 0 fully saturated rings. The van der Waals surface area contributed by atoms with Gasteiger partial charge < -0.3 is 4.90 Å². The maximum absolute atomic E-state index is 2.30. The van der Waals surface area contributed by atoms with E-state index in [4.69, 9.17) is 0 Å². The van der Waals surface area contributed by atoms with Gasteiger partial charge in [-0.25, -0.2) is 0 Å². The van der Waals surface area contributed by atoms with E-state index in [0.717, 1.165) is 13.1 Å². The molecule has 0 atom stereocenters. The second kappa shape index (κ2) is 6.66. The molecular formula is C9H19N. The summed E-state index contributed by atoms with van der Waals surface area (Å²) in [7, 11) is 0. The van der Waals surface area contributed by atoms with Crippen LogP contribution in [0.2, 0.25) is 0 Å². The zero-order valence-corrected chi connectivity index (χ0v) is 7.43. The first-order chi connectivity index (χ1) is 4.85. The van der Waals surface area contributed by atoms with Crippen LogP contribution in [0.5, 0.6) is 0 Å². The molecule has 0 N–H and O–H groups in total. The zero-order valence-electron chi connectivity index (χ0n) is 7.43. The van der Waals surface area contributed by atoms with Gasteiger partial charge in [-0.3, -0.25) is 0 Å². The monoisotopic (exact) mass is 141 g/mol. The van der Waals surface area contributed by atoms with Crippen molar-refractivity contribution in [3.8, 4) is 0 Å². The largest absolute Gasteiger partial charge is 0.378 e. The van der Waals surface area contributed by atoms with Crippen molar-refractivity contribution in [2.75, 3.05) is 13.1 Å². The average Bonchev–Trinajstić information content (AvgIpc) is 1.99. The molecule has 0 rings (SSSR count). The van der Waals surface area contributed by atoms with E-state index in [1.165, 1.54) is 12.8 Å². The predicted molar refractivity (Wildman–Crippen MR) is 47.0 cm³/mol. The minimum absolute atomic E-state index is 1.12. The molecule has 0 spiro atoms. The molecular weight excluding hydrogens is 122 g/mol. The van der Waals surface area contributed by atoms with Gasteiger partial charge in [-0.2, -0.15) is 0 Å². The smallest absolute Gasteiger partial charge is 0.0143 e. The standard InChI is InChI=1S/C9H19N/c1-4-7-8-9-10(5-2)6-3/h8-9H,4-7H2,1-3H3/b9-8+. The first-order valence-electron chi connectivity index (χ1n) is 4.25. The molecule has 0 saturated carbocycles. The van der Waals surface area contributed by atoms with E-state index in [9.17, 15) is 0 Å². The molecule has 0 unspecified atom stereocenters. The molecule has 0 aliphatic carbocycles. The van der Waals surface area contributed by atoms with Crippen LogP contribution in [-0.2, 0) is 0 Å². The molecule has 1 heteroatoms. The van der Waals surface area contributed by atoms with Crippen LogP contribution in [0, 0.1) is 0 Å². The van der Waals surface area contributed by atoms with Crippen molar-refractivity contribution in [1.82, 2.24) is 4.90 Å². The Balaban J connectivity index is 3.40. The maximum atomic E-state index is 2.30. The highest BCUT2D eigenvalue weighted by molar-refractivity contribution is 4.80. The van der Waals surface area contributed by atoms with E-state index in [1.807, 2.05) is 0 Å². The van der Waals surface area contributed by atoms with E-state index in [2.05, 4.69) is 37.9 Å². The van der Waals surface area contributed by atoms with Gasteiger partial charge in [0.1, 0.15) is 0 Å². The average molecular weight is 141 g/mol. The van der Waals surface area contributed by atoms with Crippen LogP contribution in [0.15, 0.2) is 12.3 Å². The zero-order chi connectivity index (χ0) is 7.82. The quantitative estimate of drug-likeness (QED) is 0.569. The lowest BCUT2D eigenvalue weighted by molar-refractivity contribution is 0.417. The summed E-state index contributed by atoms with van der Waals surface area (Å²) in [6.45, 7) is 8.81. The molecule has 60 valence electrons. The third-order valence-electron chi connectivity index (χ3n) is 1.58. The minimum atomic E-state index is 1.12. The summed E-state index contributed by atoms with van der Waals surface area (Å²) in [4.78, 5) is 2.30. The van der Waals surface area contributed by atoms with Gasteiger partial charge in [-0.05, 0) is 26.5 Å². The Labute approximate surface area is 64.7 Å². The number of unbranched alkanes of at least 4 members (excludes halogenated alkanes) is 1. The van der Waals surface area contributed by atoms with Crippen molar-refractivity contribution in [2.45, 2.75) is 33.6 Å². The highest BCUT2D eigenvalue weighted by Gasteiger charge is 1.86. The van der Waals surface area contributed by atoms with E-state index in [1.54, 1.807) is 0 Å². The van der Waals surface area contributed by atoms with Gasteiger partial charge in [-0.15, -0.1) is 0 Å². The van der Waals surface area contributed by atoms with Crippen molar-refractivity contribution in [1.29, 1.82) is 0 Å². The second-order valence-electron chi connectivity index (χ2n) is 2.39. The van der Waals surface area contributed by atoms with Gasteiger partial charge >= 0.3 is 0 Å². The number of hydrogen-bond donors (Lipinski definition) is 0. The molecule has 0 bridgehead atoms. The number of nitrogens with zero attached hydrogens (tertiary/aromatic N) is 1. The van der Waals surface area contributed by atoms with Gasteiger partial charge in [0.2, 0.25) is 0 Å². The van der Waals surface area contributed by atoms with Gasteiger partial charge in [0.05, 0.1) is 0 Å². The van der Waals surface area contributed by atoms with Crippen LogP contribution in [0.1, 0.15) is 33.6 Å². The lowest BCUT2D eigenvalue weighted by atomic mass is 10.3. The van der Waals surface area contributed by atoms with Crippen LogP contribution in [-0.4, -0.2) is 18.0 Å². The topological polar surface area (TPSA) is 3.24 Å².